The van der Waals surface area contributed by atoms with Gasteiger partial charge in [0.2, 0.25) is 0 Å². The predicted octanol–water partition coefficient (Wildman–Crippen LogP) is 2.97. The van der Waals surface area contributed by atoms with Crippen molar-refractivity contribution in [2.45, 2.75) is 72.0 Å². The lowest BCUT2D eigenvalue weighted by Crippen LogP contribution is -2.50. The van der Waals surface area contributed by atoms with E-state index >= 15 is 0 Å². The molecule has 96 valence electrons. The fourth-order valence-corrected chi connectivity index (χ4v) is 3.30. The topological polar surface area (TPSA) is 40.5 Å². The zero-order valence-corrected chi connectivity index (χ0v) is 11.2. The van der Waals surface area contributed by atoms with E-state index in [4.69, 9.17) is 0 Å². The second-order valence-electron chi connectivity index (χ2n) is 6.17. The van der Waals surface area contributed by atoms with Gasteiger partial charge >= 0.3 is 0 Å². The van der Waals surface area contributed by atoms with Crippen LogP contribution in [0.25, 0.3) is 0 Å². The molecule has 0 aromatic rings. The summed E-state index contributed by atoms with van der Waals surface area (Å²) in [5, 5.41) is 20.9. The van der Waals surface area contributed by atoms with Crippen LogP contribution in [0.3, 0.4) is 0 Å². The number of hydrogen-bond donors (Lipinski definition) is 2. The SMILES string of the molecule is CC(C)C(O)C1(C(O)C(C)C)CCCCC1. The van der Waals surface area contributed by atoms with E-state index in [0.29, 0.717) is 0 Å². The molecule has 0 saturated heterocycles. The van der Waals surface area contributed by atoms with Gasteiger partial charge in [-0.15, -0.1) is 0 Å². The Morgan fingerprint density at radius 2 is 1.12 bits per heavy atom. The van der Waals surface area contributed by atoms with Crippen LogP contribution < -0.4 is 0 Å². The first-order valence-corrected chi connectivity index (χ1v) is 6.78. The van der Waals surface area contributed by atoms with Gasteiger partial charge in [0, 0.05) is 5.41 Å². The van der Waals surface area contributed by atoms with Crippen LogP contribution in [0.2, 0.25) is 0 Å². The lowest BCUT2D eigenvalue weighted by atomic mass is 9.62. The first kappa shape index (κ1) is 14.0. The molecule has 0 aromatic heterocycles. The van der Waals surface area contributed by atoms with E-state index in [1.54, 1.807) is 0 Å². The molecule has 1 fully saturated rings. The molecule has 1 rings (SSSR count). The second-order valence-corrected chi connectivity index (χ2v) is 6.17. The van der Waals surface area contributed by atoms with Crippen LogP contribution >= 0.6 is 0 Å². The third-order valence-electron chi connectivity index (χ3n) is 4.23. The van der Waals surface area contributed by atoms with Gasteiger partial charge in [-0.05, 0) is 24.7 Å². The Morgan fingerprint density at radius 3 is 1.44 bits per heavy atom. The highest BCUT2D eigenvalue weighted by Crippen LogP contribution is 2.46. The quantitative estimate of drug-likeness (QED) is 0.776. The van der Waals surface area contributed by atoms with Gasteiger partial charge in [-0.2, -0.15) is 0 Å². The lowest BCUT2D eigenvalue weighted by Gasteiger charge is -2.47. The van der Waals surface area contributed by atoms with Gasteiger partial charge in [-0.3, -0.25) is 0 Å². The highest BCUT2D eigenvalue weighted by molar-refractivity contribution is 4.96. The van der Waals surface area contributed by atoms with E-state index in [1.165, 1.54) is 6.42 Å². The molecule has 0 bridgehead atoms. The zero-order valence-electron chi connectivity index (χ0n) is 11.2. The Bertz CT molecular complexity index is 189. The molecule has 2 nitrogen and oxygen atoms in total. The van der Waals surface area contributed by atoms with E-state index in [9.17, 15) is 10.2 Å². The van der Waals surface area contributed by atoms with Crippen molar-refractivity contribution in [1.82, 2.24) is 0 Å². The van der Waals surface area contributed by atoms with Crippen molar-refractivity contribution in [3.63, 3.8) is 0 Å². The van der Waals surface area contributed by atoms with Crippen molar-refractivity contribution in [3.8, 4) is 0 Å². The fraction of sp³-hybridized carbons (Fsp3) is 1.00. The monoisotopic (exact) mass is 228 g/mol. The number of aliphatic hydroxyl groups excluding tert-OH is 2. The molecule has 2 heteroatoms. The Hall–Kier alpha value is -0.0800. The Labute approximate surface area is 100 Å². The summed E-state index contributed by atoms with van der Waals surface area (Å²) >= 11 is 0. The van der Waals surface area contributed by atoms with Crippen LogP contribution in [0.15, 0.2) is 0 Å². The number of hydrogen-bond acceptors (Lipinski definition) is 2. The minimum Gasteiger partial charge on any atom is -0.392 e. The van der Waals surface area contributed by atoms with E-state index in [0.717, 1.165) is 25.7 Å². The van der Waals surface area contributed by atoms with Crippen LogP contribution in [-0.4, -0.2) is 22.4 Å². The molecule has 1 aliphatic rings. The number of rotatable bonds is 4. The Balaban J connectivity index is 2.91. The predicted molar refractivity (Wildman–Crippen MR) is 67.2 cm³/mol. The normalized spacial score (nSPS) is 24.8. The van der Waals surface area contributed by atoms with Crippen LogP contribution in [0.5, 0.6) is 0 Å². The molecule has 0 amide bonds. The minimum atomic E-state index is -0.370. The minimum absolute atomic E-state index is 0.228. The Morgan fingerprint density at radius 1 is 0.750 bits per heavy atom. The summed E-state index contributed by atoms with van der Waals surface area (Å²) in [5.41, 5.74) is -0.249. The molecule has 1 aliphatic carbocycles. The molecule has 0 spiro atoms. The maximum absolute atomic E-state index is 10.5. The maximum atomic E-state index is 10.5. The van der Waals surface area contributed by atoms with E-state index in [1.807, 2.05) is 27.7 Å². The van der Waals surface area contributed by atoms with Crippen molar-refractivity contribution in [2.75, 3.05) is 0 Å². The summed E-state index contributed by atoms with van der Waals surface area (Å²) in [4.78, 5) is 0. The maximum Gasteiger partial charge on any atom is 0.0644 e. The fourth-order valence-electron chi connectivity index (χ4n) is 3.30. The molecular weight excluding hydrogens is 200 g/mol. The van der Waals surface area contributed by atoms with Crippen LogP contribution in [0.1, 0.15) is 59.8 Å². The average molecular weight is 228 g/mol. The zero-order chi connectivity index (χ0) is 12.3. The van der Waals surface area contributed by atoms with Gasteiger partial charge < -0.3 is 10.2 Å². The van der Waals surface area contributed by atoms with E-state index < -0.39 is 0 Å². The molecule has 0 aliphatic heterocycles. The van der Waals surface area contributed by atoms with Crippen molar-refractivity contribution < 1.29 is 10.2 Å². The summed E-state index contributed by atoms with van der Waals surface area (Å²) in [6, 6.07) is 0. The summed E-state index contributed by atoms with van der Waals surface area (Å²) < 4.78 is 0. The molecule has 2 unspecified atom stereocenters. The molecular formula is C14H28O2. The van der Waals surface area contributed by atoms with Gasteiger partial charge in [0.25, 0.3) is 0 Å². The molecule has 16 heavy (non-hydrogen) atoms. The molecule has 2 atom stereocenters. The van der Waals surface area contributed by atoms with Gasteiger partial charge in [-0.1, -0.05) is 47.0 Å². The summed E-state index contributed by atoms with van der Waals surface area (Å²) in [6.45, 7) is 8.20. The van der Waals surface area contributed by atoms with Gasteiger partial charge in [0.15, 0.2) is 0 Å². The Kier molecular flexibility index (Phi) is 4.81. The lowest BCUT2D eigenvalue weighted by molar-refractivity contribution is -0.124. The van der Waals surface area contributed by atoms with E-state index in [-0.39, 0.29) is 29.5 Å². The first-order valence-electron chi connectivity index (χ1n) is 6.78. The van der Waals surface area contributed by atoms with Crippen molar-refractivity contribution in [1.29, 1.82) is 0 Å². The third kappa shape index (κ3) is 2.60. The summed E-state index contributed by atoms with van der Waals surface area (Å²) in [5.74, 6) is 0.456. The van der Waals surface area contributed by atoms with Crippen LogP contribution in [0, 0.1) is 17.3 Å². The standard InChI is InChI=1S/C14H28O2/c1-10(2)12(15)14(13(16)11(3)4)8-6-5-7-9-14/h10-13,15-16H,5-9H2,1-4H3. The smallest absolute Gasteiger partial charge is 0.0644 e. The van der Waals surface area contributed by atoms with Gasteiger partial charge in [-0.25, -0.2) is 0 Å². The van der Waals surface area contributed by atoms with E-state index in [2.05, 4.69) is 0 Å². The highest BCUT2D eigenvalue weighted by Gasteiger charge is 2.46. The molecule has 2 N–H and O–H groups in total. The van der Waals surface area contributed by atoms with Crippen molar-refractivity contribution in [2.24, 2.45) is 17.3 Å². The van der Waals surface area contributed by atoms with Crippen LogP contribution in [0.4, 0.5) is 0 Å². The van der Waals surface area contributed by atoms with Gasteiger partial charge in [0.05, 0.1) is 12.2 Å². The first-order chi connectivity index (χ1) is 7.42. The molecule has 0 heterocycles. The van der Waals surface area contributed by atoms with Crippen LogP contribution in [-0.2, 0) is 0 Å². The number of aliphatic hydroxyl groups is 2. The molecule has 1 saturated carbocycles. The summed E-state index contributed by atoms with van der Waals surface area (Å²) in [7, 11) is 0. The molecule has 0 radical (unpaired) electrons. The highest BCUT2D eigenvalue weighted by atomic mass is 16.3. The average Bonchev–Trinajstić information content (AvgIpc) is 2.27. The largest absolute Gasteiger partial charge is 0.392 e. The van der Waals surface area contributed by atoms with Crippen molar-refractivity contribution >= 4 is 0 Å². The van der Waals surface area contributed by atoms with Gasteiger partial charge in [0.1, 0.15) is 0 Å². The third-order valence-corrected chi connectivity index (χ3v) is 4.23. The second kappa shape index (κ2) is 5.50. The molecule has 0 aromatic carbocycles. The van der Waals surface area contributed by atoms with Crippen molar-refractivity contribution in [3.05, 3.63) is 0 Å². The summed E-state index contributed by atoms with van der Waals surface area (Å²) in [6.07, 6.45) is 4.76.